The summed E-state index contributed by atoms with van der Waals surface area (Å²) in [6, 6.07) is 55.8. The van der Waals surface area contributed by atoms with Gasteiger partial charge >= 0.3 is 0 Å². The van der Waals surface area contributed by atoms with Gasteiger partial charge in [-0.05, 0) is 124 Å². The molecule has 0 spiro atoms. The van der Waals surface area contributed by atoms with Gasteiger partial charge in [0, 0.05) is 17.1 Å². The molecule has 0 heterocycles. The number of nitrogens with zero attached hydrogens (tertiary/aromatic N) is 1. The zero-order chi connectivity index (χ0) is 28.1. The van der Waals surface area contributed by atoms with Gasteiger partial charge in [-0.3, -0.25) is 0 Å². The predicted molar refractivity (Wildman–Crippen MR) is 186 cm³/mol. The quantitative estimate of drug-likeness (QED) is 0.200. The molecule has 0 aliphatic rings. The van der Waals surface area contributed by atoms with Gasteiger partial charge in [0.25, 0.3) is 0 Å². The number of anilines is 3. The molecule has 0 unspecified atom stereocenters. The van der Waals surface area contributed by atoms with Crippen LogP contribution in [0.3, 0.4) is 0 Å². The molecular formula is C42H25N. The molecule has 0 aliphatic heterocycles. The van der Waals surface area contributed by atoms with Crippen molar-refractivity contribution in [2.24, 2.45) is 0 Å². The fraction of sp³-hybridized carbons (Fsp3) is 0. The third kappa shape index (κ3) is 3.06. The normalized spacial score (nSPS) is 12.2. The van der Waals surface area contributed by atoms with Crippen molar-refractivity contribution in [2.45, 2.75) is 0 Å². The second-order valence-corrected chi connectivity index (χ2v) is 11.7. The molecule has 0 fully saturated rings. The first-order valence-electron chi connectivity index (χ1n) is 15.0. The Morgan fingerprint density at radius 3 is 1.16 bits per heavy atom. The highest BCUT2D eigenvalue weighted by Gasteiger charge is 2.20. The third-order valence-corrected chi connectivity index (χ3v) is 9.49. The van der Waals surface area contributed by atoms with E-state index in [0.29, 0.717) is 0 Å². The SMILES string of the molecule is c1ccc(N(c2ccccc2)c2ccc3c(c2)c2cccc4c5cc6c7ccccc7c7cccc(c5cc3c24)c76)cc1. The second-order valence-electron chi connectivity index (χ2n) is 11.7. The van der Waals surface area contributed by atoms with Crippen LogP contribution in [0.2, 0.25) is 0 Å². The van der Waals surface area contributed by atoms with Crippen molar-refractivity contribution in [3.63, 3.8) is 0 Å². The lowest BCUT2D eigenvalue weighted by Gasteiger charge is -2.25. The van der Waals surface area contributed by atoms with E-state index >= 15 is 0 Å². The van der Waals surface area contributed by atoms with Crippen molar-refractivity contribution in [3.8, 4) is 0 Å². The number of fused-ring (bicyclic) bond motifs is 9. The number of benzene rings is 8. The smallest absolute Gasteiger partial charge is 0.0468 e. The lowest BCUT2D eigenvalue weighted by atomic mass is 9.93. The molecule has 0 aliphatic carbocycles. The van der Waals surface area contributed by atoms with Crippen molar-refractivity contribution in [3.05, 3.63) is 152 Å². The average Bonchev–Trinajstić information content (AvgIpc) is 3.57. The Morgan fingerprint density at radius 2 is 0.628 bits per heavy atom. The zero-order valence-corrected chi connectivity index (χ0v) is 23.4. The van der Waals surface area contributed by atoms with Crippen LogP contribution in [0.5, 0.6) is 0 Å². The van der Waals surface area contributed by atoms with Crippen LogP contribution in [-0.4, -0.2) is 0 Å². The molecule has 0 N–H and O–H groups in total. The molecule has 1 heteroatoms. The summed E-state index contributed by atoms with van der Waals surface area (Å²) in [5, 5.41) is 18.7. The molecule has 10 rings (SSSR count). The lowest BCUT2D eigenvalue weighted by Crippen LogP contribution is -2.09. The van der Waals surface area contributed by atoms with Gasteiger partial charge in [-0.15, -0.1) is 0 Å². The van der Waals surface area contributed by atoms with Crippen molar-refractivity contribution in [1.82, 2.24) is 0 Å². The summed E-state index contributed by atoms with van der Waals surface area (Å²) in [7, 11) is 0. The highest BCUT2D eigenvalue weighted by Crippen LogP contribution is 2.48. The summed E-state index contributed by atoms with van der Waals surface area (Å²) >= 11 is 0. The Morgan fingerprint density at radius 1 is 0.233 bits per heavy atom. The van der Waals surface area contributed by atoms with Gasteiger partial charge in [-0.2, -0.15) is 0 Å². The van der Waals surface area contributed by atoms with Crippen molar-refractivity contribution < 1.29 is 0 Å². The zero-order valence-electron chi connectivity index (χ0n) is 23.4. The fourth-order valence-electron chi connectivity index (χ4n) is 7.73. The summed E-state index contributed by atoms with van der Waals surface area (Å²) in [5.74, 6) is 0. The van der Waals surface area contributed by atoms with Crippen LogP contribution in [0.15, 0.2) is 152 Å². The third-order valence-electron chi connectivity index (χ3n) is 9.49. The minimum Gasteiger partial charge on any atom is -0.310 e. The minimum absolute atomic E-state index is 1.15. The molecule has 0 amide bonds. The second kappa shape index (κ2) is 8.44. The summed E-state index contributed by atoms with van der Waals surface area (Å²) in [6.07, 6.45) is 0. The Kier molecular flexibility index (Phi) is 4.51. The standard InChI is InChI=1S/C42H25N/c1-3-11-26(12-4-1)43(27-13-5-2-6-14-27)28-21-22-31-36(23-28)33-18-10-20-35-37-24-39-30-16-8-7-15-29(30)32-17-9-19-34(41(32)39)38(37)25-40(31)42(33)35/h1-25H. The molecule has 10 aromatic carbocycles. The van der Waals surface area contributed by atoms with Crippen molar-refractivity contribution in [2.75, 3.05) is 4.90 Å². The molecule has 0 saturated heterocycles. The van der Waals surface area contributed by atoms with E-state index in [0.717, 1.165) is 17.1 Å². The number of rotatable bonds is 3. The van der Waals surface area contributed by atoms with Crippen LogP contribution < -0.4 is 4.90 Å². The highest BCUT2D eigenvalue weighted by atomic mass is 15.1. The maximum absolute atomic E-state index is 2.46. The Hall–Kier alpha value is -5.66. The van der Waals surface area contributed by atoms with Crippen molar-refractivity contribution >= 4 is 92.5 Å². The fourth-order valence-corrected chi connectivity index (χ4v) is 7.73. The summed E-state index contributed by atoms with van der Waals surface area (Å²) in [5.41, 5.74) is 3.46. The molecular weight excluding hydrogens is 518 g/mol. The summed E-state index contributed by atoms with van der Waals surface area (Å²) in [6.45, 7) is 0. The van der Waals surface area contributed by atoms with Gasteiger partial charge in [0.05, 0.1) is 0 Å². The summed E-state index contributed by atoms with van der Waals surface area (Å²) in [4.78, 5) is 2.35. The molecule has 0 atom stereocenters. The molecule has 0 saturated carbocycles. The van der Waals surface area contributed by atoms with Gasteiger partial charge in [0.15, 0.2) is 0 Å². The molecule has 0 bridgehead atoms. The predicted octanol–water partition coefficient (Wildman–Crippen LogP) is 12.1. The van der Waals surface area contributed by atoms with E-state index in [4.69, 9.17) is 0 Å². The van der Waals surface area contributed by atoms with Gasteiger partial charge in [-0.25, -0.2) is 0 Å². The topological polar surface area (TPSA) is 3.24 Å². The average molecular weight is 544 g/mol. The summed E-state index contributed by atoms with van der Waals surface area (Å²) < 4.78 is 0. The Balaban J connectivity index is 1.31. The van der Waals surface area contributed by atoms with Crippen LogP contribution in [0.25, 0.3) is 75.4 Å². The largest absolute Gasteiger partial charge is 0.310 e. The highest BCUT2D eigenvalue weighted by molar-refractivity contribution is 6.41. The van der Waals surface area contributed by atoms with Crippen LogP contribution in [-0.2, 0) is 0 Å². The van der Waals surface area contributed by atoms with E-state index in [1.54, 1.807) is 0 Å². The minimum atomic E-state index is 1.15. The van der Waals surface area contributed by atoms with Gasteiger partial charge in [0.2, 0.25) is 0 Å². The van der Waals surface area contributed by atoms with Crippen LogP contribution in [0.1, 0.15) is 0 Å². The molecule has 0 aromatic heterocycles. The molecule has 0 radical (unpaired) electrons. The van der Waals surface area contributed by atoms with E-state index in [2.05, 4.69) is 157 Å². The Bertz CT molecular complexity index is 2610. The first-order valence-corrected chi connectivity index (χ1v) is 15.0. The van der Waals surface area contributed by atoms with Gasteiger partial charge in [-0.1, -0.05) is 103 Å². The van der Waals surface area contributed by atoms with E-state index in [-0.39, 0.29) is 0 Å². The Labute approximate surface area is 248 Å². The van der Waals surface area contributed by atoms with E-state index < -0.39 is 0 Å². The van der Waals surface area contributed by atoms with E-state index in [9.17, 15) is 0 Å². The number of para-hydroxylation sites is 2. The molecule has 1 nitrogen and oxygen atoms in total. The van der Waals surface area contributed by atoms with Crippen molar-refractivity contribution in [1.29, 1.82) is 0 Å². The maximum Gasteiger partial charge on any atom is 0.0468 e. The van der Waals surface area contributed by atoms with Crippen LogP contribution in [0.4, 0.5) is 17.1 Å². The number of hydrogen-bond donors (Lipinski definition) is 0. The van der Waals surface area contributed by atoms with Crippen LogP contribution in [0, 0.1) is 0 Å². The molecule has 43 heavy (non-hydrogen) atoms. The molecule has 10 aromatic rings. The van der Waals surface area contributed by atoms with E-state index in [1.807, 2.05) is 0 Å². The lowest BCUT2D eigenvalue weighted by molar-refractivity contribution is 1.29. The van der Waals surface area contributed by atoms with Gasteiger partial charge in [0.1, 0.15) is 0 Å². The van der Waals surface area contributed by atoms with Gasteiger partial charge < -0.3 is 4.90 Å². The molecule has 198 valence electrons. The first kappa shape index (κ1) is 23.0. The first-order chi connectivity index (χ1) is 21.3. The maximum atomic E-state index is 2.46. The number of hydrogen-bond acceptors (Lipinski definition) is 1. The van der Waals surface area contributed by atoms with E-state index in [1.165, 1.54) is 75.4 Å². The van der Waals surface area contributed by atoms with Crippen LogP contribution >= 0.6 is 0 Å². The monoisotopic (exact) mass is 543 g/mol.